The molecule has 0 aliphatic rings. The van der Waals surface area contributed by atoms with Crippen molar-refractivity contribution in [2.45, 2.75) is 32.1 Å². The molecule has 3 aromatic rings. The van der Waals surface area contributed by atoms with Crippen LogP contribution in [0, 0.1) is 5.82 Å². The van der Waals surface area contributed by atoms with E-state index in [0.29, 0.717) is 6.42 Å². The molecule has 0 bridgehead atoms. The van der Waals surface area contributed by atoms with Crippen LogP contribution in [0.25, 0.3) is 11.3 Å². The van der Waals surface area contributed by atoms with Crippen LogP contribution in [0.2, 0.25) is 0 Å². The number of aryl methyl sites for hydroxylation is 1. The first-order valence-electron chi connectivity index (χ1n) is 10.2. The largest absolute Gasteiger partial charge is 0.496 e. The van der Waals surface area contributed by atoms with Gasteiger partial charge in [0.15, 0.2) is 0 Å². The molecule has 1 heterocycles. The second-order valence-electron chi connectivity index (χ2n) is 7.40. The van der Waals surface area contributed by atoms with Crippen LogP contribution in [-0.2, 0) is 17.6 Å². The van der Waals surface area contributed by atoms with E-state index < -0.39 is 0 Å². The van der Waals surface area contributed by atoms with E-state index in [-0.39, 0.29) is 11.7 Å². The minimum Gasteiger partial charge on any atom is -0.496 e. The number of nitrogens with one attached hydrogen (secondary N) is 1. The fourth-order valence-corrected chi connectivity index (χ4v) is 3.37. The summed E-state index contributed by atoms with van der Waals surface area (Å²) >= 11 is 0. The highest BCUT2D eigenvalue weighted by Gasteiger charge is 2.12. The molecule has 0 aliphatic heterocycles. The number of likely N-dealkylation sites (N-methyl/N-ethyl adjacent to an activating group) is 1. The number of nitrogens with zero attached hydrogens (tertiary/aromatic N) is 2. The highest BCUT2D eigenvalue weighted by atomic mass is 19.1. The zero-order valence-corrected chi connectivity index (χ0v) is 17.5. The van der Waals surface area contributed by atoms with E-state index >= 15 is 0 Å². The predicted octanol–water partition coefficient (Wildman–Crippen LogP) is 4.64. The summed E-state index contributed by atoms with van der Waals surface area (Å²) in [6, 6.07) is 16.0. The van der Waals surface area contributed by atoms with E-state index in [4.69, 9.17) is 4.74 Å². The van der Waals surface area contributed by atoms with Gasteiger partial charge in [-0.3, -0.25) is 9.89 Å². The first-order chi connectivity index (χ1) is 14.6. The number of methoxy groups -OCH3 is 1. The molecule has 3 rings (SSSR count). The van der Waals surface area contributed by atoms with Crippen LogP contribution in [0.15, 0.2) is 54.6 Å². The van der Waals surface area contributed by atoms with E-state index in [1.807, 2.05) is 37.4 Å². The SMILES string of the molecule is COc1ccccc1CC(=O)N(C)CCCCCc1cc(-c2ccc(F)cc2)n[nH]1. The van der Waals surface area contributed by atoms with E-state index in [1.165, 1.54) is 12.1 Å². The third-order valence-corrected chi connectivity index (χ3v) is 5.17. The topological polar surface area (TPSA) is 58.2 Å². The Bertz CT molecular complexity index is 953. The molecular weight excluding hydrogens is 381 g/mol. The number of rotatable bonds is 10. The molecule has 0 saturated carbocycles. The fourth-order valence-electron chi connectivity index (χ4n) is 3.37. The van der Waals surface area contributed by atoms with Crippen LogP contribution >= 0.6 is 0 Å². The van der Waals surface area contributed by atoms with Crippen LogP contribution in [0.5, 0.6) is 5.75 Å². The Labute approximate surface area is 176 Å². The van der Waals surface area contributed by atoms with Crippen molar-refractivity contribution in [1.82, 2.24) is 15.1 Å². The number of hydrogen-bond acceptors (Lipinski definition) is 3. The van der Waals surface area contributed by atoms with Gasteiger partial charge in [0.05, 0.1) is 19.2 Å². The molecule has 5 nitrogen and oxygen atoms in total. The molecular formula is C24H28FN3O2. The Morgan fingerprint density at radius 2 is 1.87 bits per heavy atom. The van der Waals surface area contributed by atoms with Crippen LogP contribution in [-0.4, -0.2) is 41.7 Å². The maximum atomic E-state index is 13.0. The van der Waals surface area contributed by atoms with E-state index in [1.54, 1.807) is 24.1 Å². The van der Waals surface area contributed by atoms with Gasteiger partial charge < -0.3 is 9.64 Å². The molecule has 6 heteroatoms. The van der Waals surface area contributed by atoms with Crippen molar-refractivity contribution in [2.75, 3.05) is 20.7 Å². The first kappa shape index (κ1) is 21.6. The number of amides is 1. The van der Waals surface area contributed by atoms with Gasteiger partial charge in [-0.15, -0.1) is 0 Å². The number of carbonyl (C=O) groups excluding carboxylic acids is 1. The smallest absolute Gasteiger partial charge is 0.226 e. The Balaban J connectivity index is 1.38. The van der Waals surface area contributed by atoms with Crippen LogP contribution in [0.3, 0.4) is 0 Å². The van der Waals surface area contributed by atoms with E-state index in [0.717, 1.165) is 60.5 Å². The molecule has 0 aliphatic carbocycles. The van der Waals surface area contributed by atoms with Crippen molar-refractivity contribution < 1.29 is 13.9 Å². The molecule has 0 unspecified atom stereocenters. The first-order valence-corrected chi connectivity index (χ1v) is 10.2. The Morgan fingerprint density at radius 1 is 1.10 bits per heavy atom. The summed E-state index contributed by atoms with van der Waals surface area (Å²) in [7, 11) is 3.47. The molecule has 0 spiro atoms. The standard InChI is InChI=1S/C24H28FN3O2/c1-28(24(29)16-19-8-5-6-10-23(19)30-2)15-7-3-4-9-21-17-22(27-26-21)18-11-13-20(25)14-12-18/h5-6,8,10-14,17H,3-4,7,9,15-16H2,1-2H3,(H,26,27). The highest BCUT2D eigenvalue weighted by molar-refractivity contribution is 5.79. The number of aromatic amines is 1. The maximum Gasteiger partial charge on any atom is 0.226 e. The van der Waals surface area contributed by atoms with Gasteiger partial charge in [-0.05, 0) is 55.7 Å². The van der Waals surface area contributed by atoms with Gasteiger partial charge in [0.1, 0.15) is 11.6 Å². The van der Waals surface area contributed by atoms with Gasteiger partial charge in [-0.25, -0.2) is 4.39 Å². The number of hydrogen-bond donors (Lipinski definition) is 1. The molecule has 30 heavy (non-hydrogen) atoms. The lowest BCUT2D eigenvalue weighted by Gasteiger charge is -2.18. The van der Waals surface area contributed by atoms with Gasteiger partial charge in [0.2, 0.25) is 5.91 Å². The van der Waals surface area contributed by atoms with E-state index in [2.05, 4.69) is 10.2 Å². The molecule has 158 valence electrons. The Kier molecular flexibility index (Phi) is 7.60. The number of aromatic nitrogens is 2. The molecule has 1 aromatic heterocycles. The van der Waals surface area contributed by atoms with Crippen LogP contribution in [0.1, 0.15) is 30.5 Å². The second-order valence-corrected chi connectivity index (χ2v) is 7.40. The number of para-hydroxylation sites is 1. The normalized spacial score (nSPS) is 10.8. The molecule has 2 aromatic carbocycles. The minimum atomic E-state index is -0.249. The lowest BCUT2D eigenvalue weighted by molar-refractivity contribution is -0.129. The summed E-state index contributed by atoms with van der Waals surface area (Å²) in [6.45, 7) is 0.734. The fraction of sp³-hybridized carbons (Fsp3) is 0.333. The van der Waals surface area contributed by atoms with Crippen molar-refractivity contribution >= 4 is 5.91 Å². The molecule has 1 N–H and O–H groups in total. The van der Waals surface area contributed by atoms with Gasteiger partial charge in [-0.1, -0.05) is 24.6 Å². The molecule has 0 atom stereocenters. The number of unbranched alkanes of at least 4 members (excludes halogenated alkanes) is 2. The summed E-state index contributed by atoms with van der Waals surface area (Å²) in [5.41, 5.74) is 3.70. The average Bonchev–Trinajstić information content (AvgIpc) is 3.23. The number of carbonyl (C=O) groups is 1. The van der Waals surface area contributed by atoms with Gasteiger partial charge >= 0.3 is 0 Å². The monoisotopic (exact) mass is 409 g/mol. The van der Waals surface area contributed by atoms with Crippen molar-refractivity contribution in [2.24, 2.45) is 0 Å². The molecule has 0 fully saturated rings. The zero-order chi connectivity index (χ0) is 21.3. The van der Waals surface area contributed by atoms with Crippen molar-refractivity contribution in [3.05, 3.63) is 71.7 Å². The zero-order valence-electron chi connectivity index (χ0n) is 17.5. The Morgan fingerprint density at radius 3 is 2.63 bits per heavy atom. The summed E-state index contributed by atoms with van der Waals surface area (Å²) in [5.74, 6) is 0.594. The highest BCUT2D eigenvalue weighted by Crippen LogP contribution is 2.20. The lowest BCUT2D eigenvalue weighted by Crippen LogP contribution is -2.29. The summed E-state index contributed by atoms with van der Waals surface area (Å²) in [4.78, 5) is 14.2. The summed E-state index contributed by atoms with van der Waals surface area (Å²) < 4.78 is 18.4. The second kappa shape index (κ2) is 10.6. The predicted molar refractivity (Wildman–Crippen MR) is 116 cm³/mol. The molecule has 0 radical (unpaired) electrons. The van der Waals surface area contributed by atoms with Crippen LogP contribution < -0.4 is 4.74 Å². The average molecular weight is 410 g/mol. The van der Waals surface area contributed by atoms with Crippen LogP contribution in [0.4, 0.5) is 4.39 Å². The number of benzene rings is 2. The lowest BCUT2D eigenvalue weighted by atomic mass is 10.1. The maximum absolute atomic E-state index is 13.0. The molecule has 1 amide bonds. The van der Waals surface area contributed by atoms with Crippen molar-refractivity contribution in [3.63, 3.8) is 0 Å². The minimum absolute atomic E-state index is 0.0945. The van der Waals surface area contributed by atoms with E-state index in [9.17, 15) is 9.18 Å². The third-order valence-electron chi connectivity index (χ3n) is 5.17. The number of ether oxygens (including phenoxy) is 1. The van der Waals surface area contributed by atoms with Gasteiger partial charge in [0.25, 0.3) is 0 Å². The summed E-state index contributed by atoms with van der Waals surface area (Å²) in [6.07, 6.45) is 4.23. The number of H-pyrrole nitrogens is 1. The quantitative estimate of drug-likeness (QED) is 0.497. The number of halogens is 1. The van der Waals surface area contributed by atoms with Gasteiger partial charge in [0, 0.05) is 30.4 Å². The van der Waals surface area contributed by atoms with Gasteiger partial charge in [-0.2, -0.15) is 5.10 Å². The molecule has 0 saturated heterocycles. The van der Waals surface area contributed by atoms with Crippen molar-refractivity contribution in [3.8, 4) is 17.0 Å². The van der Waals surface area contributed by atoms with Crippen molar-refractivity contribution in [1.29, 1.82) is 0 Å². The third kappa shape index (κ3) is 5.92. The summed E-state index contributed by atoms with van der Waals surface area (Å²) in [5, 5.41) is 7.36. The Hall–Kier alpha value is -3.15.